The Balaban J connectivity index is 2.10. The number of benzene rings is 1. The molecular weight excluding hydrogens is 250 g/mol. The molecule has 0 saturated heterocycles. The first-order valence-electron chi connectivity index (χ1n) is 6.49. The van der Waals surface area contributed by atoms with Crippen molar-refractivity contribution in [2.45, 2.75) is 26.2 Å². The van der Waals surface area contributed by atoms with E-state index >= 15 is 0 Å². The van der Waals surface area contributed by atoms with Gasteiger partial charge >= 0.3 is 0 Å². The first-order valence-corrected chi connectivity index (χ1v) is 7.37. The van der Waals surface area contributed by atoms with Gasteiger partial charge in [-0.25, -0.2) is 0 Å². The molecule has 0 fully saturated rings. The summed E-state index contributed by atoms with van der Waals surface area (Å²) in [6.07, 6.45) is 2.00. The second kappa shape index (κ2) is 4.46. The summed E-state index contributed by atoms with van der Waals surface area (Å²) in [7, 11) is 0. The maximum Gasteiger partial charge on any atom is 0.0708 e. The van der Waals surface area contributed by atoms with Crippen LogP contribution in [0.3, 0.4) is 0 Å². The van der Waals surface area contributed by atoms with Gasteiger partial charge in [0.25, 0.3) is 0 Å². The average Bonchev–Trinajstić information content (AvgIpc) is 2.86. The molecule has 0 atom stereocenters. The van der Waals surface area contributed by atoms with E-state index in [2.05, 4.69) is 67.5 Å². The number of hydrogen-bond acceptors (Lipinski definition) is 2. The van der Waals surface area contributed by atoms with Crippen molar-refractivity contribution in [3.05, 3.63) is 53.5 Å². The minimum Gasteiger partial charge on any atom is -0.256 e. The smallest absolute Gasteiger partial charge is 0.0708 e. The molecule has 3 rings (SSSR count). The topological polar surface area (TPSA) is 12.9 Å². The summed E-state index contributed by atoms with van der Waals surface area (Å²) in [5, 5.41) is 3.43. The Hall–Kier alpha value is -1.67. The lowest BCUT2D eigenvalue weighted by atomic mass is 9.88. The van der Waals surface area contributed by atoms with Crippen LogP contribution in [0, 0.1) is 0 Å². The maximum absolute atomic E-state index is 4.65. The first kappa shape index (κ1) is 12.4. The summed E-state index contributed by atoms with van der Waals surface area (Å²) < 4.78 is 1.32. The fraction of sp³-hybridized carbons (Fsp3) is 0.235. The monoisotopic (exact) mass is 267 g/mol. The van der Waals surface area contributed by atoms with Gasteiger partial charge in [0, 0.05) is 21.8 Å². The molecule has 3 aromatic rings. The molecule has 0 unspecified atom stereocenters. The predicted molar refractivity (Wildman–Crippen MR) is 83.8 cm³/mol. The minimum atomic E-state index is 0.153. The zero-order valence-corrected chi connectivity index (χ0v) is 12.3. The van der Waals surface area contributed by atoms with E-state index in [9.17, 15) is 0 Å². The van der Waals surface area contributed by atoms with E-state index < -0.39 is 0 Å². The number of hydrogen-bond donors (Lipinski definition) is 0. The number of fused-ring (bicyclic) bond motifs is 1. The van der Waals surface area contributed by atoms with Crippen molar-refractivity contribution in [3.8, 4) is 11.3 Å². The predicted octanol–water partition coefficient (Wildman–Crippen LogP) is 5.26. The Kier molecular flexibility index (Phi) is 2.90. The van der Waals surface area contributed by atoms with Crippen LogP contribution < -0.4 is 0 Å². The van der Waals surface area contributed by atoms with E-state index in [1.165, 1.54) is 21.2 Å². The second-order valence-electron chi connectivity index (χ2n) is 5.82. The van der Waals surface area contributed by atoms with Gasteiger partial charge in [0.15, 0.2) is 0 Å². The molecule has 0 spiro atoms. The van der Waals surface area contributed by atoms with Crippen LogP contribution in [-0.4, -0.2) is 4.98 Å². The molecule has 2 heterocycles. The maximum atomic E-state index is 4.65. The third-order valence-electron chi connectivity index (χ3n) is 3.40. The molecule has 19 heavy (non-hydrogen) atoms. The molecule has 0 aliphatic carbocycles. The lowest BCUT2D eigenvalue weighted by Crippen LogP contribution is -2.11. The van der Waals surface area contributed by atoms with Gasteiger partial charge in [-0.3, -0.25) is 4.98 Å². The van der Waals surface area contributed by atoms with E-state index in [4.69, 9.17) is 0 Å². The molecule has 96 valence electrons. The Morgan fingerprint density at radius 2 is 1.84 bits per heavy atom. The van der Waals surface area contributed by atoms with Gasteiger partial charge in [-0.15, -0.1) is 11.3 Å². The van der Waals surface area contributed by atoms with Crippen LogP contribution >= 0.6 is 11.3 Å². The Labute approximate surface area is 117 Å². The zero-order valence-electron chi connectivity index (χ0n) is 11.5. The van der Waals surface area contributed by atoms with Crippen LogP contribution in [0.2, 0.25) is 0 Å². The highest BCUT2D eigenvalue weighted by molar-refractivity contribution is 7.17. The Morgan fingerprint density at radius 3 is 2.53 bits per heavy atom. The van der Waals surface area contributed by atoms with Gasteiger partial charge in [-0.05, 0) is 34.6 Å². The highest BCUT2D eigenvalue weighted by atomic mass is 32.1. The fourth-order valence-corrected chi connectivity index (χ4v) is 3.03. The van der Waals surface area contributed by atoms with Gasteiger partial charge in [0.2, 0.25) is 0 Å². The summed E-state index contributed by atoms with van der Waals surface area (Å²) in [5.74, 6) is 0. The van der Waals surface area contributed by atoms with Crippen molar-refractivity contribution in [1.82, 2.24) is 4.98 Å². The molecule has 0 aliphatic rings. The van der Waals surface area contributed by atoms with Crippen molar-refractivity contribution >= 4 is 21.4 Å². The fourth-order valence-electron chi connectivity index (χ4n) is 2.21. The van der Waals surface area contributed by atoms with Crippen LogP contribution in [0.15, 0.2) is 48.0 Å². The number of nitrogens with zero attached hydrogens (tertiary/aromatic N) is 1. The van der Waals surface area contributed by atoms with Crippen molar-refractivity contribution < 1.29 is 0 Å². The van der Waals surface area contributed by atoms with Gasteiger partial charge in [-0.2, -0.15) is 0 Å². The third-order valence-corrected chi connectivity index (χ3v) is 4.28. The second-order valence-corrected chi connectivity index (χ2v) is 6.77. The van der Waals surface area contributed by atoms with Crippen molar-refractivity contribution in [1.29, 1.82) is 0 Å². The van der Waals surface area contributed by atoms with E-state index in [-0.39, 0.29) is 5.41 Å². The Bertz CT molecular complexity index is 702. The number of pyridine rings is 1. The number of rotatable bonds is 1. The largest absolute Gasteiger partial charge is 0.256 e. The summed E-state index contributed by atoms with van der Waals surface area (Å²) in [4.78, 5) is 4.65. The molecule has 1 aromatic carbocycles. The van der Waals surface area contributed by atoms with E-state index in [0.717, 1.165) is 5.69 Å². The third kappa shape index (κ3) is 2.28. The standard InChI is InChI=1S/C17H17NS/c1-17(2,3)12-7-8-15(18-11-12)13-5-4-6-16-14(13)9-10-19-16/h4-11H,1-3H3. The Morgan fingerprint density at radius 1 is 1.00 bits per heavy atom. The van der Waals surface area contributed by atoms with E-state index in [1.54, 1.807) is 11.3 Å². The van der Waals surface area contributed by atoms with Crippen LogP contribution in [0.25, 0.3) is 21.3 Å². The molecule has 2 aromatic heterocycles. The van der Waals surface area contributed by atoms with Crippen molar-refractivity contribution in [2.75, 3.05) is 0 Å². The van der Waals surface area contributed by atoms with Crippen molar-refractivity contribution in [2.24, 2.45) is 0 Å². The van der Waals surface area contributed by atoms with E-state index in [1.807, 2.05) is 6.20 Å². The van der Waals surface area contributed by atoms with Crippen molar-refractivity contribution in [3.63, 3.8) is 0 Å². The molecule has 1 nitrogen and oxygen atoms in total. The van der Waals surface area contributed by atoms with Gasteiger partial charge in [0.05, 0.1) is 5.69 Å². The average molecular weight is 267 g/mol. The van der Waals surface area contributed by atoms with Gasteiger partial charge in [0.1, 0.15) is 0 Å². The zero-order chi connectivity index (χ0) is 13.5. The highest BCUT2D eigenvalue weighted by Crippen LogP contribution is 2.31. The molecule has 2 heteroatoms. The SMILES string of the molecule is CC(C)(C)c1ccc(-c2cccc3sccc23)nc1. The lowest BCUT2D eigenvalue weighted by molar-refractivity contribution is 0.587. The van der Waals surface area contributed by atoms with Crippen LogP contribution in [-0.2, 0) is 5.41 Å². The quantitative estimate of drug-likeness (QED) is 0.586. The first-order chi connectivity index (χ1) is 9.05. The lowest BCUT2D eigenvalue weighted by Gasteiger charge is -2.18. The minimum absolute atomic E-state index is 0.153. The molecule has 0 aliphatic heterocycles. The normalized spacial score (nSPS) is 11.9. The summed E-state index contributed by atoms with van der Waals surface area (Å²) >= 11 is 1.78. The summed E-state index contributed by atoms with van der Waals surface area (Å²) in [6.45, 7) is 6.63. The summed E-state index contributed by atoms with van der Waals surface area (Å²) in [5.41, 5.74) is 3.70. The summed E-state index contributed by atoms with van der Waals surface area (Å²) in [6, 6.07) is 12.9. The van der Waals surface area contributed by atoms with Crippen LogP contribution in [0.4, 0.5) is 0 Å². The van der Waals surface area contributed by atoms with E-state index in [0.29, 0.717) is 0 Å². The number of thiophene rings is 1. The molecule has 0 bridgehead atoms. The molecule has 0 radical (unpaired) electrons. The molecule has 0 N–H and O–H groups in total. The molecule has 0 saturated carbocycles. The number of aromatic nitrogens is 1. The molecule has 0 amide bonds. The van der Waals surface area contributed by atoms with Crippen LogP contribution in [0.1, 0.15) is 26.3 Å². The van der Waals surface area contributed by atoms with Gasteiger partial charge < -0.3 is 0 Å². The highest BCUT2D eigenvalue weighted by Gasteiger charge is 2.14. The molecular formula is C17H17NS. The van der Waals surface area contributed by atoms with Crippen LogP contribution in [0.5, 0.6) is 0 Å². The van der Waals surface area contributed by atoms with Gasteiger partial charge in [-0.1, -0.05) is 39.0 Å².